The van der Waals surface area contributed by atoms with Gasteiger partial charge in [0.15, 0.2) is 5.78 Å². The highest BCUT2D eigenvalue weighted by molar-refractivity contribution is 9.12. The smallest absolute Gasteiger partial charge is 0.184 e. The molecule has 0 atom stereocenters. The standard InChI is InChI=1S/C14H8Br2ClNOS/c15-13-6-10(14(16)20-13)12(19)7-18-4-3-8-5-9(17)1-2-11(8)18/h1-6H,7H2. The van der Waals surface area contributed by atoms with Gasteiger partial charge in [-0.05, 0) is 62.2 Å². The molecule has 3 rings (SSSR count). The first-order chi connectivity index (χ1) is 9.54. The van der Waals surface area contributed by atoms with Crippen LogP contribution in [-0.2, 0) is 6.54 Å². The van der Waals surface area contributed by atoms with Gasteiger partial charge in [-0.15, -0.1) is 11.3 Å². The summed E-state index contributed by atoms with van der Waals surface area (Å²) < 4.78 is 3.73. The summed E-state index contributed by atoms with van der Waals surface area (Å²) in [7, 11) is 0. The van der Waals surface area contributed by atoms with Crippen LogP contribution >= 0.6 is 54.8 Å². The molecule has 0 bridgehead atoms. The average Bonchev–Trinajstić information content (AvgIpc) is 2.93. The van der Waals surface area contributed by atoms with Crippen molar-refractivity contribution in [2.45, 2.75) is 6.54 Å². The van der Waals surface area contributed by atoms with Crippen LogP contribution in [0.3, 0.4) is 0 Å². The van der Waals surface area contributed by atoms with E-state index in [1.54, 1.807) is 0 Å². The second-order valence-electron chi connectivity index (χ2n) is 4.31. The second kappa shape index (κ2) is 5.64. The van der Waals surface area contributed by atoms with Crippen LogP contribution < -0.4 is 0 Å². The number of hydrogen-bond acceptors (Lipinski definition) is 2. The Bertz CT molecular complexity index is 809. The van der Waals surface area contributed by atoms with Crippen LogP contribution in [0.5, 0.6) is 0 Å². The minimum absolute atomic E-state index is 0.0753. The fourth-order valence-corrected chi connectivity index (χ4v) is 5.12. The summed E-state index contributed by atoms with van der Waals surface area (Å²) in [6.07, 6.45) is 1.91. The third kappa shape index (κ3) is 2.72. The molecule has 2 nitrogen and oxygen atoms in total. The van der Waals surface area contributed by atoms with Gasteiger partial charge < -0.3 is 4.57 Å². The monoisotopic (exact) mass is 431 g/mol. The zero-order valence-corrected chi connectivity index (χ0v) is 14.8. The van der Waals surface area contributed by atoms with Gasteiger partial charge in [-0.2, -0.15) is 0 Å². The molecule has 1 aromatic carbocycles. The summed E-state index contributed by atoms with van der Waals surface area (Å²) in [5.41, 5.74) is 1.71. The summed E-state index contributed by atoms with van der Waals surface area (Å²) in [6, 6.07) is 9.48. The lowest BCUT2D eigenvalue weighted by atomic mass is 10.2. The van der Waals surface area contributed by atoms with E-state index in [-0.39, 0.29) is 5.78 Å². The van der Waals surface area contributed by atoms with Gasteiger partial charge in [0.2, 0.25) is 0 Å². The average molecular weight is 434 g/mol. The Balaban J connectivity index is 1.93. The summed E-state index contributed by atoms with van der Waals surface area (Å²) in [4.78, 5) is 12.4. The molecular weight excluding hydrogens is 425 g/mol. The van der Waals surface area contributed by atoms with Gasteiger partial charge in [-0.3, -0.25) is 4.79 Å². The van der Waals surface area contributed by atoms with E-state index in [4.69, 9.17) is 11.6 Å². The molecule has 0 fully saturated rings. The number of rotatable bonds is 3. The highest BCUT2D eigenvalue weighted by Crippen LogP contribution is 2.32. The van der Waals surface area contributed by atoms with Crippen molar-refractivity contribution in [3.8, 4) is 0 Å². The Kier molecular flexibility index (Phi) is 4.04. The number of carbonyl (C=O) groups excluding carboxylic acids is 1. The van der Waals surface area contributed by atoms with Gasteiger partial charge in [0, 0.05) is 27.7 Å². The molecule has 0 spiro atoms. The fraction of sp³-hybridized carbons (Fsp3) is 0.0714. The van der Waals surface area contributed by atoms with Gasteiger partial charge in [-0.25, -0.2) is 0 Å². The van der Waals surface area contributed by atoms with Crippen molar-refractivity contribution in [3.63, 3.8) is 0 Å². The van der Waals surface area contributed by atoms with Gasteiger partial charge in [0.05, 0.1) is 14.1 Å². The van der Waals surface area contributed by atoms with Crippen LogP contribution in [-0.4, -0.2) is 10.4 Å². The van der Waals surface area contributed by atoms with Crippen LogP contribution in [0, 0.1) is 0 Å². The lowest BCUT2D eigenvalue weighted by Crippen LogP contribution is -2.09. The summed E-state index contributed by atoms with van der Waals surface area (Å²) in [6.45, 7) is 0.312. The zero-order chi connectivity index (χ0) is 14.3. The fourth-order valence-electron chi connectivity index (χ4n) is 2.08. The molecule has 102 valence electrons. The van der Waals surface area contributed by atoms with Crippen LogP contribution in [0.1, 0.15) is 10.4 Å². The van der Waals surface area contributed by atoms with E-state index in [1.165, 1.54) is 11.3 Å². The number of Topliss-reactive ketones (excluding diaryl/α,β-unsaturated/α-hetero) is 1. The molecule has 0 N–H and O–H groups in total. The minimum atomic E-state index is 0.0753. The van der Waals surface area contributed by atoms with Crippen molar-refractivity contribution in [3.05, 3.63) is 54.7 Å². The zero-order valence-electron chi connectivity index (χ0n) is 10.1. The third-order valence-corrected chi connectivity index (χ3v) is 5.58. The second-order valence-corrected chi connectivity index (χ2v) is 8.49. The number of thiophene rings is 1. The van der Waals surface area contributed by atoms with Crippen molar-refractivity contribution >= 4 is 71.5 Å². The lowest BCUT2D eigenvalue weighted by molar-refractivity contribution is 0.0973. The number of halogens is 3. The maximum Gasteiger partial charge on any atom is 0.184 e. The number of nitrogens with zero attached hydrogens (tertiary/aromatic N) is 1. The largest absolute Gasteiger partial charge is 0.340 e. The first-order valence-corrected chi connectivity index (χ1v) is 8.55. The van der Waals surface area contributed by atoms with E-state index in [1.807, 2.05) is 41.1 Å². The Morgan fingerprint density at radius 2 is 2.05 bits per heavy atom. The molecule has 0 unspecified atom stereocenters. The number of carbonyl (C=O) groups is 1. The first kappa shape index (κ1) is 14.3. The van der Waals surface area contributed by atoms with Crippen molar-refractivity contribution in [2.24, 2.45) is 0 Å². The van der Waals surface area contributed by atoms with Gasteiger partial charge in [0.1, 0.15) is 0 Å². The maximum absolute atomic E-state index is 12.4. The molecular formula is C14H8Br2ClNOS. The number of benzene rings is 1. The Labute approximate surface area is 141 Å². The van der Waals surface area contributed by atoms with E-state index in [2.05, 4.69) is 31.9 Å². The number of hydrogen-bond donors (Lipinski definition) is 0. The van der Waals surface area contributed by atoms with Gasteiger partial charge in [-0.1, -0.05) is 11.6 Å². The summed E-state index contributed by atoms with van der Waals surface area (Å²) >= 11 is 14.3. The molecule has 0 aliphatic heterocycles. The molecule has 0 aliphatic rings. The molecule has 0 amide bonds. The van der Waals surface area contributed by atoms with Gasteiger partial charge >= 0.3 is 0 Å². The molecule has 3 aromatic rings. The quantitative estimate of drug-likeness (QED) is 0.481. The lowest BCUT2D eigenvalue weighted by Gasteiger charge is -2.04. The van der Waals surface area contributed by atoms with Crippen molar-refractivity contribution in [1.82, 2.24) is 4.57 Å². The minimum Gasteiger partial charge on any atom is -0.340 e. The predicted molar refractivity (Wildman–Crippen MR) is 91.0 cm³/mol. The number of ketones is 1. The summed E-state index contributed by atoms with van der Waals surface area (Å²) in [5.74, 6) is 0.0753. The van der Waals surface area contributed by atoms with Crippen molar-refractivity contribution < 1.29 is 4.79 Å². The highest BCUT2D eigenvalue weighted by Gasteiger charge is 2.15. The molecule has 0 radical (unpaired) electrons. The van der Waals surface area contributed by atoms with Crippen molar-refractivity contribution in [2.75, 3.05) is 0 Å². The van der Waals surface area contributed by atoms with E-state index >= 15 is 0 Å². The maximum atomic E-state index is 12.4. The number of fused-ring (bicyclic) bond motifs is 1. The summed E-state index contributed by atoms with van der Waals surface area (Å²) in [5, 5.41) is 1.74. The van der Waals surface area contributed by atoms with Crippen LogP contribution in [0.25, 0.3) is 10.9 Å². The van der Waals surface area contributed by atoms with E-state index in [9.17, 15) is 4.79 Å². The normalized spacial score (nSPS) is 11.2. The molecule has 6 heteroatoms. The molecule has 0 saturated heterocycles. The Morgan fingerprint density at radius 3 is 2.75 bits per heavy atom. The molecule has 2 heterocycles. The van der Waals surface area contributed by atoms with E-state index < -0.39 is 0 Å². The highest BCUT2D eigenvalue weighted by atomic mass is 79.9. The molecule has 0 aliphatic carbocycles. The van der Waals surface area contributed by atoms with Crippen LogP contribution in [0.4, 0.5) is 0 Å². The molecule has 2 aromatic heterocycles. The molecule has 20 heavy (non-hydrogen) atoms. The first-order valence-electron chi connectivity index (χ1n) is 5.77. The van der Waals surface area contributed by atoms with Crippen molar-refractivity contribution in [1.29, 1.82) is 0 Å². The van der Waals surface area contributed by atoms with E-state index in [0.29, 0.717) is 17.1 Å². The van der Waals surface area contributed by atoms with Crippen LogP contribution in [0.15, 0.2) is 44.1 Å². The van der Waals surface area contributed by atoms with Crippen LogP contribution in [0.2, 0.25) is 5.02 Å². The van der Waals surface area contributed by atoms with E-state index in [0.717, 1.165) is 18.5 Å². The van der Waals surface area contributed by atoms with Gasteiger partial charge in [0.25, 0.3) is 0 Å². The Hall–Kier alpha value is -0.620. The SMILES string of the molecule is O=C(Cn1ccc2cc(Cl)ccc21)c1cc(Br)sc1Br. The third-order valence-electron chi connectivity index (χ3n) is 3.00. The Morgan fingerprint density at radius 1 is 1.25 bits per heavy atom. The molecule has 0 saturated carbocycles. The topological polar surface area (TPSA) is 22.0 Å². The predicted octanol–water partition coefficient (Wildman–Crippen LogP) is 5.76. The number of aromatic nitrogens is 1.